The molecule has 0 spiro atoms. The lowest BCUT2D eigenvalue weighted by atomic mass is 10.0. The van der Waals surface area contributed by atoms with Gasteiger partial charge in [-0.3, -0.25) is 4.90 Å². The molecule has 0 saturated heterocycles. The highest BCUT2D eigenvalue weighted by atomic mass is 16.5. The number of fused-ring (bicyclic) bond motifs is 1. The number of hydrogen-bond acceptors (Lipinski definition) is 2. The van der Waals surface area contributed by atoms with Gasteiger partial charge in [0.2, 0.25) is 0 Å². The van der Waals surface area contributed by atoms with Crippen molar-refractivity contribution in [1.82, 2.24) is 4.90 Å². The van der Waals surface area contributed by atoms with Gasteiger partial charge in [0.1, 0.15) is 11.9 Å². The van der Waals surface area contributed by atoms with Gasteiger partial charge in [-0.15, -0.1) is 0 Å². The van der Waals surface area contributed by atoms with Crippen LogP contribution in [0.15, 0.2) is 72.8 Å². The Morgan fingerprint density at radius 3 is 2.17 bits per heavy atom. The van der Waals surface area contributed by atoms with E-state index in [1.807, 2.05) is 6.07 Å². The number of benzene rings is 3. The van der Waals surface area contributed by atoms with Crippen molar-refractivity contribution in [2.24, 2.45) is 0 Å². The molecule has 2 nitrogen and oxygen atoms in total. The van der Waals surface area contributed by atoms with Crippen LogP contribution in [0.2, 0.25) is 0 Å². The zero-order valence-corrected chi connectivity index (χ0v) is 13.9. The summed E-state index contributed by atoms with van der Waals surface area (Å²) in [7, 11) is 4.20. The molecule has 2 atom stereocenters. The average Bonchev–Trinajstić information content (AvgIpc) is 2.56. The third-order valence-electron chi connectivity index (χ3n) is 4.20. The van der Waals surface area contributed by atoms with Gasteiger partial charge in [-0.1, -0.05) is 66.7 Å². The highest BCUT2D eigenvalue weighted by molar-refractivity contribution is 5.88. The molecular formula is C21H23NO. The Morgan fingerprint density at radius 2 is 1.43 bits per heavy atom. The Morgan fingerprint density at radius 1 is 0.783 bits per heavy atom. The molecular weight excluding hydrogens is 282 g/mol. The Bertz CT molecular complexity index is 762. The molecule has 0 bridgehead atoms. The van der Waals surface area contributed by atoms with Crippen LogP contribution in [0.4, 0.5) is 0 Å². The van der Waals surface area contributed by atoms with Crippen molar-refractivity contribution in [3.8, 4) is 5.75 Å². The zero-order valence-electron chi connectivity index (χ0n) is 13.9. The summed E-state index contributed by atoms with van der Waals surface area (Å²) >= 11 is 0. The van der Waals surface area contributed by atoms with Gasteiger partial charge in [-0.2, -0.15) is 0 Å². The second-order valence-electron chi connectivity index (χ2n) is 6.12. The first-order valence-electron chi connectivity index (χ1n) is 8.02. The van der Waals surface area contributed by atoms with Crippen LogP contribution in [0.3, 0.4) is 0 Å². The molecule has 0 aliphatic rings. The summed E-state index contributed by atoms with van der Waals surface area (Å²) in [6, 6.07) is 25.3. The van der Waals surface area contributed by atoms with Crippen LogP contribution in [0.1, 0.15) is 18.5 Å². The van der Waals surface area contributed by atoms with Crippen LogP contribution in [0, 0.1) is 0 Å². The minimum absolute atomic E-state index is 0.0400. The van der Waals surface area contributed by atoms with Crippen molar-refractivity contribution < 1.29 is 4.74 Å². The van der Waals surface area contributed by atoms with E-state index >= 15 is 0 Å². The molecule has 0 heterocycles. The fourth-order valence-corrected chi connectivity index (χ4v) is 3.20. The van der Waals surface area contributed by atoms with Gasteiger partial charge in [0.15, 0.2) is 0 Å². The smallest absolute Gasteiger partial charge is 0.127 e. The van der Waals surface area contributed by atoms with Gasteiger partial charge in [0, 0.05) is 5.39 Å². The van der Waals surface area contributed by atoms with Crippen molar-refractivity contribution in [3.63, 3.8) is 0 Å². The Labute approximate surface area is 138 Å². The summed E-state index contributed by atoms with van der Waals surface area (Å²) in [4.78, 5) is 2.21. The Balaban J connectivity index is 1.91. The van der Waals surface area contributed by atoms with E-state index in [0.717, 1.165) is 11.1 Å². The van der Waals surface area contributed by atoms with E-state index in [-0.39, 0.29) is 12.1 Å². The molecule has 0 amide bonds. The minimum Gasteiger partial charge on any atom is -0.488 e. The number of ether oxygens (including phenoxy) is 1. The first kappa shape index (κ1) is 15.6. The van der Waals surface area contributed by atoms with Gasteiger partial charge < -0.3 is 4.74 Å². The highest BCUT2D eigenvalue weighted by Gasteiger charge is 2.23. The van der Waals surface area contributed by atoms with Crippen molar-refractivity contribution >= 4 is 10.8 Å². The first-order valence-corrected chi connectivity index (χ1v) is 8.02. The molecule has 0 aromatic heterocycles. The molecule has 23 heavy (non-hydrogen) atoms. The van der Waals surface area contributed by atoms with Crippen LogP contribution >= 0.6 is 0 Å². The van der Waals surface area contributed by atoms with E-state index in [1.54, 1.807) is 0 Å². The normalized spacial score (nSPS) is 13.9. The van der Waals surface area contributed by atoms with Crippen molar-refractivity contribution in [1.29, 1.82) is 0 Å². The standard InChI is InChI=1S/C21H23NO/c1-16(21(22(2)3)18-11-5-4-6-12-18)23-20-15-9-13-17-10-7-8-14-19(17)20/h4-16,21H,1-3H3/t16-,21+/m0/s1. The molecule has 0 aliphatic carbocycles. The fourth-order valence-electron chi connectivity index (χ4n) is 3.20. The van der Waals surface area contributed by atoms with Crippen LogP contribution in [-0.4, -0.2) is 25.1 Å². The maximum Gasteiger partial charge on any atom is 0.127 e. The van der Waals surface area contributed by atoms with Crippen molar-refractivity contribution in [3.05, 3.63) is 78.4 Å². The lowest BCUT2D eigenvalue weighted by Gasteiger charge is -2.31. The minimum atomic E-state index is 0.0400. The van der Waals surface area contributed by atoms with Crippen LogP contribution in [0.5, 0.6) is 5.75 Å². The topological polar surface area (TPSA) is 12.5 Å². The Hall–Kier alpha value is -2.32. The van der Waals surface area contributed by atoms with Crippen molar-refractivity contribution in [2.75, 3.05) is 14.1 Å². The summed E-state index contributed by atoms with van der Waals surface area (Å²) in [6.45, 7) is 2.14. The lowest BCUT2D eigenvalue weighted by Crippen LogP contribution is -2.33. The van der Waals surface area contributed by atoms with Gasteiger partial charge in [0.05, 0.1) is 6.04 Å². The van der Waals surface area contributed by atoms with E-state index in [4.69, 9.17) is 4.74 Å². The maximum atomic E-state index is 6.36. The van der Waals surface area contributed by atoms with Crippen LogP contribution < -0.4 is 4.74 Å². The molecule has 0 saturated carbocycles. The second-order valence-corrected chi connectivity index (χ2v) is 6.12. The summed E-state index contributed by atoms with van der Waals surface area (Å²) in [6.07, 6.45) is 0.0400. The molecule has 0 fully saturated rings. The monoisotopic (exact) mass is 305 g/mol. The second kappa shape index (κ2) is 6.84. The number of likely N-dealkylation sites (N-methyl/N-ethyl adjacent to an activating group) is 1. The number of hydrogen-bond donors (Lipinski definition) is 0. The van der Waals surface area contributed by atoms with Gasteiger partial charge >= 0.3 is 0 Å². The van der Waals surface area contributed by atoms with Crippen molar-refractivity contribution in [2.45, 2.75) is 19.1 Å². The summed E-state index contributed by atoms with van der Waals surface area (Å²) in [5, 5.41) is 2.37. The van der Waals surface area contributed by atoms with E-state index in [2.05, 4.69) is 92.6 Å². The van der Waals surface area contributed by atoms with Crippen LogP contribution in [0.25, 0.3) is 10.8 Å². The molecule has 0 radical (unpaired) electrons. The molecule has 2 heteroatoms. The highest BCUT2D eigenvalue weighted by Crippen LogP contribution is 2.30. The molecule has 0 N–H and O–H groups in total. The predicted molar refractivity (Wildman–Crippen MR) is 96.9 cm³/mol. The van der Waals surface area contributed by atoms with E-state index in [1.165, 1.54) is 10.9 Å². The van der Waals surface area contributed by atoms with Gasteiger partial charge in [-0.25, -0.2) is 0 Å². The number of rotatable bonds is 5. The molecule has 118 valence electrons. The first-order chi connectivity index (χ1) is 11.2. The summed E-state index contributed by atoms with van der Waals surface area (Å²) in [5.74, 6) is 0.943. The fraction of sp³-hybridized carbons (Fsp3) is 0.238. The largest absolute Gasteiger partial charge is 0.488 e. The third-order valence-corrected chi connectivity index (χ3v) is 4.20. The van der Waals surface area contributed by atoms with Gasteiger partial charge in [0.25, 0.3) is 0 Å². The van der Waals surface area contributed by atoms with Crippen LogP contribution in [-0.2, 0) is 0 Å². The predicted octanol–water partition coefficient (Wildman–Crippen LogP) is 4.91. The lowest BCUT2D eigenvalue weighted by molar-refractivity contribution is 0.112. The zero-order chi connectivity index (χ0) is 16.2. The van der Waals surface area contributed by atoms with Gasteiger partial charge in [-0.05, 0) is 38.0 Å². The van der Waals surface area contributed by atoms with E-state index in [0.29, 0.717) is 0 Å². The summed E-state index contributed by atoms with van der Waals surface area (Å²) < 4.78 is 6.36. The molecule has 3 rings (SSSR count). The molecule has 3 aromatic carbocycles. The molecule has 0 aliphatic heterocycles. The average molecular weight is 305 g/mol. The molecule has 0 unspecified atom stereocenters. The number of nitrogens with zero attached hydrogens (tertiary/aromatic N) is 1. The SMILES string of the molecule is C[C@H](Oc1cccc2ccccc12)[C@H](c1ccccc1)N(C)C. The Kier molecular flexibility index (Phi) is 4.63. The summed E-state index contributed by atoms with van der Waals surface area (Å²) in [5.41, 5.74) is 1.27. The molecule has 3 aromatic rings. The third kappa shape index (κ3) is 3.38. The van der Waals surface area contributed by atoms with E-state index < -0.39 is 0 Å². The van der Waals surface area contributed by atoms with E-state index in [9.17, 15) is 0 Å². The quantitative estimate of drug-likeness (QED) is 0.664. The maximum absolute atomic E-state index is 6.36.